The van der Waals surface area contributed by atoms with Gasteiger partial charge in [-0.3, -0.25) is 19.5 Å². The Kier molecular flexibility index (Phi) is 7.40. The zero-order valence-electron chi connectivity index (χ0n) is 11.9. The van der Waals surface area contributed by atoms with Crippen LogP contribution in [-0.4, -0.2) is 48.3 Å². The highest BCUT2D eigenvalue weighted by Gasteiger charge is 2.10. The van der Waals surface area contributed by atoms with Gasteiger partial charge in [0.05, 0.1) is 13.1 Å². The lowest BCUT2D eigenvalue weighted by molar-refractivity contribution is -0.121. The third kappa shape index (κ3) is 6.25. The molecule has 0 saturated heterocycles. The van der Waals surface area contributed by atoms with Gasteiger partial charge in [-0.15, -0.1) is 0 Å². The molecule has 1 rings (SSSR count). The number of nitrogens with one attached hydrogen (secondary N) is 1. The van der Waals surface area contributed by atoms with Gasteiger partial charge in [0, 0.05) is 10.7 Å². The van der Waals surface area contributed by atoms with Gasteiger partial charge in [0.25, 0.3) is 0 Å². The Bertz CT molecular complexity index is 448. The molecule has 0 bridgehead atoms. The summed E-state index contributed by atoms with van der Waals surface area (Å²) in [5.41, 5.74) is 0.354. The summed E-state index contributed by atoms with van der Waals surface area (Å²) in [4.78, 5) is 29.4. The maximum atomic E-state index is 11.8. The molecule has 0 spiro atoms. The van der Waals surface area contributed by atoms with E-state index in [-0.39, 0.29) is 18.2 Å². The molecular formula is C14H20BrN3O2. The van der Waals surface area contributed by atoms with E-state index in [9.17, 15) is 9.59 Å². The lowest BCUT2D eigenvalue weighted by atomic mass is 10.2. The molecule has 1 heterocycles. The lowest BCUT2D eigenvalue weighted by Crippen LogP contribution is -2.38. The number of likely N-dealkylation sites (N-methyl/N-ethyl adjacent to an activating group) is 1. The van der Waals surface area contributed by atoms with E-state index < -0.39 is 0 Å². The number of nitrogens with zero attached hydrogens (tertiary/aromatic N) is 2. The summed E-state index contributed by atoms with van der Waals surface area (Å²) in [5.74, 6) is -0.337. The van der Waals surface area contributed by atoms with Gasteiger partial charge in [-0.2, -0.15) is 0 Å². The Labute approximate surface area is 127 Å². The second-order valence-corrected chi connectivity index (χ2v) is 5.57. The van der Waals surface area contributed by atoms with Crippen LogP contribution < -0.4 is 5.32 Å². The number of unbranched alkanes of at least 4 members (excludes halogenated alkanes) is 1. The Morgan fingerprint density at radius 3 is 2.75 bits per heavy atom. The van der Waals surface area contributed by atoms with E-state index in [1.165, 1.54) is 0 Å². The van der Waals surface area contributed by atoms with Gasteiger partial charge in [-0.05, 0) is 48.1 Å². The van der Waals surface area contributed by atoms with E-state index >= 15 is 0 Å². The average molecular weight is 342 g/mol. The molecule has 1 amide bonds. The van der Waals surface area contributed by atoms with Gasteiger partial charge in [0.2, 0.25) is 5.91 Å². The summed E-state index contributed by atoms with van der Waals surface area (Å²) in [7, 11) is 1.90. The van der Waals surface area contributed by atoms with Crippen LogP contribution in [-0.2, 0) is 4.79 Å². The van der Waals surface area contributed by atoms with Crippen LogP contribution in [0.3, 0.4) is 0 Å². The van der Waals surface area contributed by atoms with E-state index in [1.807, 2.05) is 11.9 Å². The summed E-state index contributed by atoms with van der Waals surface area (Å²) in [5, 5.41) is 2.62. The van der Waals surface area contributed by atoms with Gasteiger partial charge in [-0.1, -0.05) is 13.3 Å². The third-order valence-corrected chi connectivity index (χ3v) is 3.24. The molecule has 20 heavy (non-hydrogen) atoms. The van der Waals surface area contributed by atoms with Crippen molar-refractivity contribution in [3.63, 3.8) is 0 Å². The largest absolute Gasteiger partial charge is 0.347 e. The SMILES string of the molecule is CCCCN(C)CC(=O)NCC(=O)c1ccc(Br)cn1. The van der Waals surface area contributed by atoms with Gasteiger partial charge < -0.3 is 5.32 Å². The van der Waals surface area contributed by atoms with Crippen molar-refractivity contribution in [2.75, 3.05) is 26.7 Å². The van der Waals surface area contributed by atoms with Gasteiger partial charge in [0.15, 0.2) is 5.78 Å². The quantitative estimate of drug-likeness (QED) is 0.733. The minimum atomic E-state index is -0.193. The predicted octanol–water partition coefficient (Wildman–Crippen LogP) is 1.87. The molecule has 1 aromatic heterocycles. The molecule has 1 aromatic rings. The van der Waals surface area contributed by atoms with Crippen molar-refractivity contribution in [1.29, 1.82) is 0 Å². The van der Waals surface area contributed by atoms with E-state index in [1.54, 1.807) is 18.3 Å². The molecule has 0 aromatic carbocycles. The number of amides is 1. The van der Waals surface area contributed by atoms with Crippen molar-refractivity contribution in [2.24, 2.45) is 0 Å². The molecule has 6 heteroatoms. The second-order valence-electron chi connectivity index (χ2n) is 4.65. The number of carbonyl (C=O) groups excluding carboxylic acids is 2. The van der Waals surface area contributed by atoms with Gasteiger partial charge in [0.1, 0.15) is 5.69 Å². The molecule has 0 aliphatic rings. The number of rotatable bonds is 8. The molecule has 0 atom stereocenters. The lowest BCUT2D eigenvalue weighted by Gasteiger charge is -2.15. The van der Waals surface area contributed by atoms with E-state index in [0.29, 0.717) is 12.2 Å². The van der Waals surface area contributed by atoms with Crippen LogP contribution in [0.4, 0.5) is 0 Å². The first-order chi connectivity index (χ1) is 9.52. The zero-order valence-corrected chi connectivity index (χ0v) is 13.4. The molecule has 110 valence electrons. The number of hydrogen-bond acceptors (Lipinski definition) is 4. The highest BCUT2D eigenvalue weighted by Crippen LogP contribution is 2.07. The number of pyridine rings is 1. The molecule has 0 radical (unpaired) electrons. The van der Waals surface area contributed by atoms with E-state index in [0.717, 1.165) is 23.9 Å². The number of hydrogen-bond donors (Lipinski definition) is 1. The minimum absolute atomic E-state index is 0.0188. The Morgan fingerprint density at radius 2 is 2.15 bits per heavy atom. The van der Waals surface area contributed by atoms with Crippen molar-refractivity contribution >= 4 is 27.6 Å². The molecule has 1 N–H and O–H groups in total. The maximum Gasteiger partial charge on any atom is 0.234 e. The zero-order chi connectivity index (χ0) is 15.0. The first kappa shape index (κ1) is 16.8. The summed E-state index contributed by atoms with van der Waals surface area (Å²) < 4.78 is 0.815. The number of aromatic nitrogens is 1. The highest BCUT2D eigenvalue weighted by atomic mass is 79.9. The molecule has 5 nitrogen and oxygen atoms in total. The van der Waals surface area contributed by atoms with Crippen LogP contribution in [0.5, 0.6) is 0 Å². The van der Waals surface area contributed by atoms with Crippen molar-refractivity contribution in [3.8, 4) is 0 Å². The number of carbonyl (C=O) groups is 2. The molecule has 0 aliphatic heterocycles. The number of ketones is 1. The molecule has 0 saturated carbocycles. The Morgan fingerprint density at radius 1 is 1.40 bits per heavy atom. The van der Waals surface area contributed by atoms with Crippen molar-refractivity contribution < 1.29 is 9.59 Å². The minimum Gasteiger partial charge on any atom is -0.347 e. The van der Waals surface area contributed by atoms with Crippen molar-refractivity contribution in [3.05, 3.63) is 28.5 Å². The monoisotopic (exact) mass is 341 g/mol. The fourth-order valence-electron chi connectivity index (χ4n) is 1.62. The van der Waals surface area contributed by atoms with Crippen LogP contribution in [0.25, 0.3) is 0 Å². The van der Waals surface area contributed by atoms with E-state index in [2.05, 4.69) is 33.2 Å². The average Bonchev–Trinajstić information content (AvgIpc) is 2.43. The van der Waals surface area contributed by atoms with Crippen molar-refractivity contribution in [2.45, 2.75) is 19.8 Å². The first-order valence-corrected chi connectivity index (χ1v) is 7.42. The fraction of sp³-hybridized carbons (Fsp3) is 0.500. The van der Waals surface area contributed by atoms with Crippen LogP contribution in [0.1, 0.15) is 30.3 Å². The Hall–Kier alpha value is -1.27. The van der Waals surface area contributed by atoms with E-state index in [4.69, 9.17) is 0 Å². The second kappa shape index (κ2) is 8.81. The first-order valence-electron chi connectivity index (χ1n) is 6.63. The molecule has 0 unspecified atom stereocenters. The predicted molar refractivity (Wildman–Crippen MR) is 81.7 cm³/mol. The third-order valence-electron chi connectivity index (χ3n) is 2.77. The normalized spacial score (nSPS) is 10.6. The molecule has 0 fully saturated rings. The maximum absolute atomic E-state index is 11.8. The summed E-state index contributed by atoms with van der Waals surface area (Å²) in [6.45, 7) is 3.28. The summed E-state index contributed by atoms with van der Waals surface area (Å²) in [6.07, 6.45) is 3.72. The molecular weight excluding hydrogens is 322 g/mol. The summed E-state index contributed by atoms with van der Waals surface area (Å²) >= 11 is 3.26. The van der Waals surface area contributed by atoms with Crippen LogP contribution in [0.15, 0.2) is 22.8 Å². The van der Waals surface area contributed by atoms with Gasteiger partial charge >= 0.3 is 0 Å². The smallest absolute Gasteiger partial charge is 0.234 e. The van der Waals surface area contributed by atoms with Crippen LogP contribution >= 0.6 is 15.9 Å². The van der Waals surface area contributed by atoms with Crippen LogP contribution in [0.2, 0.25) is 0 Å². The number of halogens is 1. The summed E-state index contributed by atoms with van der Waals surface area (Å²) in [6, 6.07) is 3.38. The topological polar surface area (TPSA) is 62.3 Å². The fourth-order valence-corrected chi connectivity index (χ4v) is 1.85. The standard InChI is InChI=1S/C14H20BrN3O2/c1-3-4-7-18(2)10-14(20)17-9-13(19)12-6-5-11(15)8-16-12/h5-6,8H,3-4,7,9-10H2,1-2H3,(H,17,20). The van der Waals surface area contributed by atoms with Crippen LogP contribution in [0, 0.1) is 0 Å². The number of Topliss-reactive ketones (excluding diaryl/α,β-unsaturated/α-hetero) is 1. The highest BCUT2D eigenvalue weighted by molar-refractivity contribution is 9.10. The molecule has 0 aliphatic carbocycles. The van der Waals surface area contributed by atoms with Gasteiger partial charge in [-0.25, -0.2) is 0 Å². The van der Waals surface area contributed by atoms with Crippen molar-refractivity contribution in [1.82, 2.24) is 15.2 Å². The Balaban J connectivity index is 2.33.